The lowest BCUT2D eigenvalue weighted by atomic mass is 9.94. The smallest absolute Gasteiger partial charge is 0.335 e. The fraction of sp³-hybridized carbons (Fsp3) is 0.0455. The van der Waals surface area contributed by atoms with Crippen LogP contribution in [-0.4, -0.2) is 97.1 Å². The zero-order chi connectivity index (χ0) is 49.2. The Balaban J connectivity index is 1.04. The highest BCUT2D eigenvalue weighted by Crippen LogP contribution is 2.32. The SMILES string of the molecule is COc1cc(C(=O)O)ccc1N/N=C1\C(=O)c2ccc(NC(=O)c3ccc(C(=O)Nc4ccc5c(c4)C=C(S(=O)(=O)O)/C(=N/Nc4ccc(C(=O)O)cc4OC)C5=O)cc3)cc2C=C1S(=O)(=O)O. The normalized spacial score (nSPS) is 14.5. The third kappa shape index (κ3) is 9.87. The van der Waals surface area contributed by atoms with E-state index in [1.54, 1.807) is 0 Å². The molecule has 0 radical (unpaired) electrons. The van der Waals surface area contributed by atoms with Gasteiger partial charge in [-0.3, -0.25) is 39.1 Å². The molecule has 5 aromatic rings. The number of hydrogen-bond acceptors (Lipinski definition) is 16. The predicted octanol–water partition coefficient (Wildman–Crippen LogP) is 5.39. The minimum absolute atomic E-state index is 0.000288. The molecule has 0 atom stereocenters. The summed E-state index contributed by atoms with van der Waals surface area (Å²) in [7, 11) is -7.62. The molecule has 0 spiro atoms. The molecule has 0 heterocycles. The molecule has 2 amide bonds. The van der Waals surface area contributed by atoms with Gasteiger partial charge in [0.2, 0.25) is 11.6 Å². The molecule has 0 fully saturated rings. The summed E-state index contributed by atoms with van der Waals surface area (Å²) in [6.45, 7) is 0. The zero-order valence-electron chi connectivity index (χ0n) is 34.8. The molecular formula is C44H32N6O16S2. The van der Waals surface area contributed by atoms with Crippen LogP contribution in [0.25, 0.3) is 12.2 Å². The van der Waals surface area contributed by atoms with E-state index >= 15 is 0 Å². The highest BCUT2D eigenvalue weighted by molar-refractivity contribution is 7.91. The van der Waals surface area contributed by atoms with Crippen molar-refractivity contribution in [1.82, 2.24) is 0 Å². The number of anilines is 4. The maximum absolute atomic E-state index is 13.5. The second kappa shape index (κ2) is 18.6. The maximum atomic E-state index is 13.5. The predicted molar refractivity (Wildman–Crippen MR) is 245 cm³/mol. The molecule has 0 aliphatic heterocycles. The largest absolute Gasteiger partial charge is 0.494 e. The molecule has 68 heavy (non-hydrogen) atoms. The number of carbonyl (C=O) groups excluding carboxylic acids is 4. The Morgan fingerprint density at radius 1 is 0.515 bits per heavy atom. The van der Waals surface area contributed by atoms with E-state index < -0.39 is 76.8 Å². The molecule has 2 aliphatic carbocycles. The van der Waals surface area contributed by atoms with Crippen LogP contribution in [0.3, 0.4) is 0 Å². The highest BCUT2D eigenvalue weighted by Gasteiger charge is 2.35. The van der Waals surface area contributed by atoms with E-state index in [0.717, 1.165) is 12.2 Å². The van der Waals surface area contributed by atoms with Crippen molar-refractivity contribution in [2.75, 3.05) is 35.7 Å². The number of ketones is 2. The molecule has 0 saturated heterocycles. The average molecular weight is 965 g/mol. The number of rotatable bonds is 14. The van der Waals surface area contributed by atoms with E-state index in [1.165, 1.54) is 111 Å². The minimum atomic E-state index is -5.06. The number of allylic oxidation sites excluding steroid dienone is 2. The van der Waals surface area contributed by atoms with Crippen molar-refractivity contribution < 1.29 is 74.4 Å². The quantitative estimate of drug-likeness (QED) is 0.0510. The fourth-order valence-corrected chi connectivity index (χ4v) is 8.00. The number of amides is 2. The van der Waals surface area contributed by atoms with Crippen molar-refractivity contribution in [1.29, 1.82) is 0 Å². The lowest BCUT2D eigenvalue weighted by Crippen LogP contribution is -2.27. The van der Waals surface area contributed by atoms with Crippen LogP contribution in [0, 0.1) is 0 Å². The lowest BCUT2D eigenvalue weighted by Gasteiger charge is -2.18. The van der Waals surface area contributed by atoms with Crippen molar-refractivity contribution in [2.24, 2.45) is 10.2 Å². The number of fused-ring (bicyclic) bond motifs is 2. The molecule has 8 N–H and O–H groups in total. The number of hydrazone groups is 2. The topological polar surface area (TPSA) is 343 Å². The number of nitrogens with zero attached hydrogens (tertiary/aromatic N) is 2. The highest BCUT2D eigenvalue weighted by atomic mass is 32.2. The second-order valence-corrected chi connectivity index (χ2v) is 17.1. The molecule has 346 valence electrons. The van der Waals surface area contributed by atoms with E-state index in [-0.39, 0.29) is 78.8 Å². The Kier molecular flexibility index (Phi) is 12.9. The fourth-order valence-electron chi connectivity index (χ4n) is 6.68. The Morgan fingerprint density at radius 3 is 1.19 bits per heavy atom. The Hall–Kier alpha value is -8.84. The van der Waals surface area contributed by atoms with Gasteiger partial charge < -0.3 is 30.3 Å². The van der Waals surface area contributed by atoms with Gasteiger partial charge in [0, 0.05) is 33.6 Å². The van der Waals surface area contributed by atoms with Gasteiger partial charge >= 0.3 is 11.9 Å². The number of carbonyl (C=O) groups is 6. The molecular weight excluding hydrogens is 933 g/mol. The van der Waals surface area contributed by atoms with Crippen molar-refractivity contribution in [2.45, 2.75) is 0 Å². The molecule has 24 heteroatoms. The van der Waals surface area contributed by atoms with E-state index in [9.17, 15) is 64.9 Å². The summed E-state index contributed by atoms with van der Waals surface area (Å²) >= 11 is 0. The number of aromatic carboxylic acids is 2. The molecule has 2 aliphatic rings. The van der Waals surface area contributed by atoms with Crippen molar-refractivity contribution in [3.05, 3.63) is 151 Å². The number of hydrogen-bond donors (Lipinski definition) is 8. The second-order valence-electron chi connectivity index (χ2n) is 14.3. The molecule has 5 aromatic carbocycles. The standard InChI is InChI=1S/C44H32N6O16S2/c1-65-33-17-23(43(55)56)7-13-31(33)47-49-37-35(67(59,60)61)19-25-15-27(9-11-29(25)39(37)51)45-41(53)21-3-5-22(6-4-21)42(54)46-28-10-12-30-26(16-28)20-36(68(62,63)64)38(40(30)52)50-48-32-14-8-24(44(57)58)18-34(32)66-2/h3-20,47-48H,1-2H3,(H,45,53)(H,46,54)(H,55,56)(H,57,58)(H,59,60,61)(H,62,63,64)/b49-37-,50-38-. The number of carboxylic acids is 2. The average Bonchev–Trinajstić information content (AvgIpc) is 3.29. The number of ether oxygens (including phenoxy) is 2. The van der Waals surface area contributed by atoms with Crippen LogP contribution in [0.5, 0.6) is 11.5 Å². The summed E-state index contributed by atoms with van der Waals surface area (Å²) in [6, 6.07) is 20.4. The van der Waals surface area contributed by atoms with E-state index in [0.29, 0.717) is 0 Å². The van der Waals surface area contributed by atoms with Gasteiger partial charge in [0.15, 0.2) is 11.4 Å². The molecule has 22 nitrogen and oxygen atoms in total. The number of methoxy groups -OCH3 is 2. The number of nitrogens with one attached hydrogen (secondary N) is 4. The number of benzene rings is 5. The molecule has 0 unspecified atom stereocenters. The van der Waals surface area contributed by atoms with E-state index in [4.69, 9.17) is 9.47 Å². The van der Waals surface area contributed by atoms with Gasteiger partial charge in [0.1, 0.15) is 21.3 Å². The first-order chi connectivity index (χ1) is 32.2. The first-order valence-electron chi connectivity index (χ1n) is 19.2. The summed E-state index contributed by atoms with van der Waals surface area (Å²) in [6.07, 6.45) is 1.94. The zero-order valence-corrected chi connectivity index (χ0v) is 36.4. The molecule has 0 bridgehead atoms. The van der Waals surface area contributed by atoms with E-state index in [2.05, 4.69) is 31.7 Å². The van der Waals surface area contributed by atoms with Crippen LogP contribution in [0.1, 0.15) is 73.3 Å². The molecule has 0 saturated carbocycles. The van der Waals surface area contributed by atoms with Crippen molar-refractivity contribution in [3.8, 4) is 11.5 Å². The van der Waals surface area contributed by atoms with Crippen LogP contribution >= 0.6 is 0 Å². The van der Waals surface area contributed by atoms with Gasteiger partial charge in [0.25, 0.3) is 32.1 Å². The monoisotopic (exact) mass is 964 g/mol. The van der Waals surface area contributed by atoms with Gasteiger partial charge in [-0.2, -0.15) is 27.0 Å². The summed E-state index contributed by atoms with van der Waals surface area (Å²) in [5, 5.41) is 31.5. The number of Topliss-reactive ketones (excluding diaryl/α,β-unsaturated/α-hetero) is 2. The van der Waals surface area contributed by atoms with Crippen LogP contribution in [0.4, 0.5) is 22.7 Å². The van der Waals surface area contributed by atoms with Gasteiger partial charge in [-0.05, 0) is 120 Å². The van der Waals surface area contributed by atoms with Gasteiger partial charge in [-0.25, -0.2) is 9.59 Å². The van der Waals surface area contributed by atoms with Crippen LogP contribution in [0.15, 0.2) is 117 Å². The first kappa shape index (κ1) is 47.1. The maximum Gasteiger partial charge on any atom is 0.335 e. The first-order valence-corrected chi connectivity index (χ1v) is 22.0. The summed E-state index contributed by atoms with van der Waals surface area (Å²) in [5.41, 5.74) is 3.69. The van der Waals surface area contributed by atoms with Crippen LogP contribution in [-0.2, 0) is 20.2 Å². The molecule has 0 aromatic heterocycles. The third-order valence-electron chi connectivity index (χ3n) is 10.0. The number of carboxylic acid groups (broad SMARTS) is 2. The Labute approximate surface area is 383 Å². The van der Waals surface area contributed by atoms with Crippen LogP contribution < -0.4 is 31.0 Å². The van der Waals surface area contributed by atoms with E-state index in [1.807, 2.05) is 0 Å². The van der Waals surface area contributed by atoms with Crippen molar-refractivity contribution >= 4 is 102 Å². The summed E-state index contributed by atoms with van der Waals surface area (Å²) in [4.78, 5) is 74.5. The minimum Gasteiger partial charge on any atom is -0.494 e. The lowest BCUT2D eigenvalue weighted by molar-refractivity contribution is 0.0686. The van der Waals surface area contributed by atoms with Gasteiger partial charge in [-0.1, -0.05) is 0 Å². The molecule has 7 rings (SSSR count). The Bertz CT molecular complexity index is 3170. The summed E-state index contributed by atoms with van der Waals surface area (Å²) in [5.74, 6) is -5.68. The van der Waals surface area contributed by atoms with Gasteiger partial charge in [-0.15, -0.1) is 0 Å². The van der Waals surface area contributed by atoms with Gasteiger partial charge in [0.05, 0.1) is 36.7 Å². The van der Waals surface area contributed by atoms with Crippen molar-refractivity contribution in [3.63, 3.8) is 0 Å². The Morgan fingerprint density at radius 2 is 0.868 bits per heavy atom. The third-order valence-corrected chi connectivity index (χ3v) is 11.8. The van der Waals surface area contributed by atoms with Crippen LogP contribution in [0.2, 0.25) is 0 Å². The summed E-state index contributed by atoms with van der Waals surface area (Å²) < 4.78 is 80.1.